The van der Waals surface area contributed by atoms with Gasteiger partial charge in [-0.1, -0.05) is 13.8 Å². The molecular weight excluding hydrogens is 188 g/mol. The molecule has 1 N–H and O–H groups in total. The molecule has 2 unspecified atom stereocenters. The van der Waals surface area contributed by atoms with Gasteiger partial charge in [-0.15, -0.1) is 0 Å². The Kier molecular flexibility index (Phi) is 6.22. The molecule has 90 valence electrons. The average Bonchev–Trinajstić information content (AvgIpc) is 2.27. The molecule has 1 heterocycles. The molecule has 1 fully saturated rings. The number of likely N-dealkylation sites (N-methyl/N-ethyl adjacent to an activating group) is 1. The van der Waals surface area contributed by atoms with E-state index in [2.05, 4.69) is 24.1 Å². The third-order valence-electron chi connectivity index (χ3n) is 3.29. The molecule has 0 amide bonds. The second kappa shape index (κ2) is 7.20. The van der Waals surface area contributed by atoms with Crippen LogP contribution >= 0.6 is 0 Å². The number of hydrogen-bond acceptors (Lipinski definition) is 3. The first-order chi connectivity index (χ1) is 7.31. The Morgan fingerprint density at radius 1 is 1.47 bits per heavy atom. The molecule has 1 aliphatic rings. The van der Waals surface area contributed by atoms with Crippen LogP contribution in [-0.2, 0) is 4.74 Å². The number of methoxy groups -OCH3 is 1. The van der Waals surface area contributed by atoms with Gasteiger partial charge in [-0.05, 0) is 32.4 Å². The van der Waals surface area contributed by atoms with Crippen LogP contribution in [0.25, 0.3) is 0 Å². The third-order valence-corrected chi connectivity index (χ3v) is 3.29. The van der Waals surface area contributed by atoms with Gasteiger partial charge >= 0.3 is 0 Å². The number of nitrogens with zero attached hydrogens (tertiary/aromatic N) is 1. The highest BCUT2D eigenvalue weighted by atomic mass is 16.5. The van der Waals surface area contributed by atoms with E-state index in [0.29, 0.717) is 12.1 Å². The lowest BCUT2D eigenvalue weighted by Crippen LogP contribution is -2.50. The maximum absolute atomic E-state index is 5.28. The van der Waals surface area contributed by atoms with Crippen LogP contribution in [-0.4, -0.2) is 50.3 Å². The standard InChI is InChI=1S/C12H26N2O/c1-4-12(10-15-3)14-8-6-7-11(9-14)13-5-2/h11-13H,4-10H2,1-3H3. The third kappa shape index (κ3) is 4.09. The Morgan fingerprint density at radius 3 is 2.87 bits per heavy atom. The van der Waals surface area contributed by atoms with Crippen molar-refractivity contribution in [3.05, 3.63) is 0 Å². The molecule has 1 saturated heterocycles. The smallest absolute Gasteiger partial charge is 0.0617 e. The van der Waals surface area contributed by atoms with Gasteiger partial charge in [0.25, 0.3) is 0 Å². The summed E-state index contributed by atoms with van der Waals surface area (Å²) >= 11 is 0. The molecule has 0 aliphatic carbocycles. The van der Waals surface area contributed by atoms with Gasteiger partial charge in [0, 0.05) is 25.7 Å². The summed E-state index contributed by atoms with van der Waals surface area (Å²) in [6.07, 6.45) is 3.83. The van der Waals surface area contributed by atoms with Gasteiger partial charge in [-0.3, -0.25) is 4.90 Å². The summed E-state index contributed by atoms with van der Waals surface area (Å²) in [5.74, 6) is 0. The molecule has 0 bridgehead atoms. The number of nitrogens with one attached hydrogen (secondary N) is 1. The van der Waals surface area contributed by atoms with Crippen LogP contribution in [0.5, 0.6) is 0 Å². The van der Waals surface area contributed by atoms with Crippen LogP contribution in [0.1, 0.15) is 33.1 Å². The molecule has 0 radical (unpaired) electrons. The zero-order valence-corrected chi connectivity index (χ0v) is 10.5. The minimum Gasteiger partial charge on any atom is -0.383 e. The van der Waals surface area contributed by atoms with Gasteiger partial charge in [0.05, 0.1) is 6.61 Å². The van der Waals surface area contributed by atoms with Crippen LogP contribution in [0.15, 0.2) is 0 Å². The summed E-state index contributed by atoms with van der Waals surface area (Å²) in [6.45, 7) is 8.82. The predicted molar refractivity (Wildman–Crippen MR) is 64.2 cm³/mol. The summed E-state index contributed by atoms with van der Waals surface area (Å²) in [6, 6.07) is 1.30. The Morgan fingerprint density at radius 2 is 2.27 bits per heavy atom. The molecule has 15 heavy (non-hydrogen) atoms. The van der Waals surface area contributed by atoms with E-state index in [1.807, 2.05) is 0 Å². The van der Waals surface area contributed by atoms with Crippen LogP contribution < -0.4 is 5.32 Å². The maximum Gasteiger partial charge on any atom is 0.0617 e. The van der Waals surface area contributed by atoms with Crippen LogP contribution in [0, 0.1) is 0 Å². The summed E-state index contributed by atoms with van der Waals surface area (Å²) < 4.78 is 5.28. The zero-order valence-electron chi connectivity index (χ0n) is 10.5. The first kappa shape index (κ1) is 12.9. The Hall–Kier alpha value is -0.120. The molecule has 0 saturated carbocycles. The number of ether oxygens (including phenoxy) is 1. The SMILES string of the molecule is CCNC1CCCN(C(CC)COC)C1. The number of piperidine rings is 1. The van der Waals surface area contributed by atoms with E-state index < -0.39 is 0 Å². The fourth-order valence-corrected chi connectivity index (χ4v) is 2.47. The topological polar surface area (TPSA) is 24.5 Å². The molecule has 0 aromatic carbocycles. The van der Waals surface area contributed by atoms with Gasteiger partial charge in [-0.25, -0.2) is 0 Å². The van der Waals surface area contributed by atoms with E-state index in [4.69, 9.17) is 4.74 Å². The minimum atomic E-state index is 0.608. The highest BCUT2D eigenvalue weighted by Crippen LogP contribution is 2.15. The highest BCUT2D eigenvalue weighted by molar-refractivity contribution is 4.81. The lowest BCUT2D eigenvalue weighted by Gasteiger charge is -2.38. The van der Waals surface area contributed by atoms with Crippen LogP contribution in [0.3, 0.4) is 0 Å². The van der Waals surface area contributed by atoms with Crippen molar-refractivity contribution < 1.29 is 4.74 Å². The average molecular weight is 214 g/mol. The van der Waals surface area contributed by atoms with E-state index in [9.17, 15) is 0 Å². The highest BCUT2D eigenvalue weighted by Gasteiger charge is 2.24. The van der Waals surface area contributed by atoms with Crippen molar-refractivity contribution in [2.24, 2.45) is 0 Å². The van der Waals surface area contributed by atoms with Crippen molar-refractivity contribution in [2.45, 2.75) is 45.2 Å². The summed E-state index contributed by atoms with van der Waals surface area (Å²) in [5.41, 5.74) is 0. The molecule has 1 rings (SSSR count). The minimum absolute atomic E-state index is 0.608. The summed E-state index contributed by atoms with van der Waals surface area (Å²) in [4.78, 5) is 2.58. The summed E-state index contributed by atoms with van der Waals surface area (Å²) in [7, 11) is 1.80. The van der Waals surface area contributed by atoms with Gasteiger partial charge in [0.1, 0.15) is 0 Å². The number of likely N-dealkylation sites (tertiary alicyclic amines) is 1. The molecule has 3 heteroatoms. The van der Waals surface area contributed by atoms with E-state index in [0.717, 1.165) is 13.2 Å². The quantitative estimate of drug-likeness (QED) is 0.725. The van der Waals surface area contributed by atoms with Gasteiger partial charge in [0.2, 0.25) is 0 Å². The first-order valence-corrected chi connectivity index (χ1v) is 6.28. The van der Waals surface area contributed by atoms with Crippen molar-refractivity contribution >= 4 is 0 Å². The zero-order chi connectivity index (χ0) is 11.1. The fourth-order valence-electron chi connectivity index (χ4n) is 2.47. The molecular formula is C12H26N2O. The Bertz CT molecular complexity index is 162. The van der Waals surface area contributed by atoms with E-state index in [-0.39, 0.29) is 0 Å². The largest absolute Gasteiger partial charge is 0.383 e. The maximum atomic E-state index is 5.28. The van der Waals surface area contributed by atoms with E-state index in [1.54, 1.807) is 7.11 Å². The van der Waals surface area contributed by atoms with Gasteiger partial charge in [-0.2, -0.15) is 0 Å². The lowest BCUT2D eigenvalue weighted by atomic mass is 10.0. The molecule has 3 nitrogen and oxygen atoms in total. The first-order valence-electron chi connectivity index (χ1n) is 6.28. The van der Waals surface area contributed by atoms with Crippen LogP contribution in [0.2, 0.25) is 0 Å². The monoisotopic (exact) mass is 214 g/mol. The van der Waals surface area contributed by atoms with E-state index >= 15 is 0 Å². The van der Waals surface area contributed by atoms with Crippen LogP contribution in [0.4, 0.5) is 0 Å². The van der Waals surface area contributed by atoms with Gasteiger partial charge in [0.15, 0.2) is 0 Å². The van der Waals surface area contributed by atoms with E-state index in [1.165, 1.54) is 32.4 Å². The molecule has 0 aromatic heterocycles. The second-order valence-corrected chi connectivity index (χ2v) is 4.41. The predicted octanol–water partition coefficient (Wildman–Crippen LogP) is 1.49. The Balaban J connectivity index is 2.39. The number of rotatable bonds is 6. The second-order valence-electron chi connectivity index (χ2n) is 4.41. The van der Waals surface area contributed by atoms with Gasteiger partial charge < -0.3 is 10.1 Å². The molecule has 0 spiro atoms. The van der Waals surface area contributed by atoms with Crippen molar-refractivity contribution in [2.75, 3.05) is 33.4 Å². The fraction of sp³-hybridized carbons (Fsp3) is 1.00. The Labute approximate surface area is 94.2 Å². The lowest BCUT2D eigenvalue weighted by molar-refractivity contribution is 0.0648. The van der Waals surface area contributed by atoms with Crippen molar-refractivity contribution in [3.63, 3.8) is 0 Å². The van der Waals surface area contributed by atoms with Crippen molar-refractivity contribution in [1.29, 1.82) is 0 Å². The van der Waals surface area contributed by atoms with Crippen molar-refractivity contribution in [3.8, 4) is 0 Å². The molecule has 0 aromatic rings. The van der Waals surface area contributed by atoms with Crippen molar-refractivity contribution in [1.82, 2.24) is 10.2 Å². The normalized spacial score (nSPS) is 25.4. The number of hydrogen-bond donors (Lipinski definition) is 1. The molecule has 1 aliphatic heterocycles. The molecule has 2 atom stereocenters. The summed E-state index contributed by atoms with van der Waals surface area (Å²) in [5, 5.41) is 3.55.